The highest BCUT2D eigenvalue weighted by Crippen LogP contribution is 2.17. The van der Waals surface area contributed by atoms with Crippen molar-refractivity contribution < 1.29 is 48.3 Å². The second kappa shape index (κ2) is 17.6. The fraction of sp³-hybridized carbons (Fsp3) is 0.438. The highest BCUT2D eigenvalue weighted by molar-refractivity contribution is 6.02. The number of hydrogen-bond donors (Lipinski definition) is 4. The molecular formula is C32H40N5O11-. The number of anilines is 1. The minimum Gasteiger partial charge on any atom is -0.733 e. The standard InChI is InChI=1S/C32H40N5O11/c1-32(2,3)47-31(43)35-25(19-21-12-14-23(15-13-21)37(44)45)28(40)34-24(29(41)48-36-26(38)16-17-27(36)39)11-7-8-18-33-30(42)46-20-22-9-5-4-6-10-22/h4-6,9-10,12-15,24-25,44H,7-8,11,16-20H2,1-3H3,(H,33,42)(H,34,40)(H,35,43)/q-1. The monoisotopic (exact) mass is 670 g/mol. The van der Waals surface area contributed by atoms with Gasteiger partial charge in [0.1, 0.15) is 24.3 Å². The van der Waals surface area contributed by atoms with Gasteiger partial charge in [-0.1, -0.05) is 42.5 Å². The van der Waals surface area contributed by atoms with Crippen molar-refractivity contribution in [2.75, 3.05) is 11.8 Å². The van der Waals surface area contributed by atoms with Crippen LogP contribution in [0.1, 0.15) is 64.0 Å². The largest absolute Gasteiger partial charge is 0.733 e. The van der Waals surface area contributed by atoms with Gasteiger partial charge in [0.15, 0.2) is 0 Å². The lowest BCUT2D eigenvalue weighted by Gasteiger charge is -2.26. The Bertz CT molecular complexity index is 1410. The first-order valence-electron chi connectivity index (χ1n) is 15.3. The molecule has 2 unspecified atom stereocenters. The average molecular weight is 671 g/mol. The maximum absolute atomic E-state index is 13.6. The van der Waals surface area contributed by atoms with E-state index in [0.717, 1.165) is 5.56 Å². The number of carbonyl (C=O) groups excluding carboxylic acids is 6. The number of alkyl carbamates (subject to hydrolysis) is 2. The minimum atomic E-state index is -1.36. The highest BCUT2D eigenvalue weighted by Gasteiger charge is 2.36. The molecule has 1 saturated heterocycles. The lowest BCUT2D eigenvalue weighted by Crippen LogP contribution is -2.54. The molecule has 0 spiro atoms. The van der Waals surface area contributed by atoms with Gasteiger partial charge < -0.3 is 40.7 Å². The van der Waals surface area contributed by atoms with Crippen molar-refractivity contribution in [3.63, 3.8) is 0 Å². The zero-order valence-electron chi connectivity index (χ0n) is 26.9. The zero-order chi connectivity index (χ0) is 35.3. The minimum absolute atomic E-state index is 0.0226. The summed E-state index contributed by atoms with van der Waals surface area (Å²) in [6.45, 7) is 5.17. The average Bonchev–Trinajstić information content (AvgIpc) is 3.34. The fourth-order valence-electron chi connectivity index (χ4n) is 4.43. The first-order valence-corrected chi connectivity index (χ1v) is 15.3. The third-order valence-corrected chi connectivity index (χ3v) is 6.79. The number of unbranched alkanes of at least 4 members (excludes halogenated alkanes) is 1. The van der Waals surface area contributed by atoms with Gasteiger partial charge in [-0.15, -0.1) is 5.06 Å². The predicted octanol–water partition coefficient (Wildman–Crippen LogP) is 3.00. The molecule has 0 saturated carbocycles. The van der Waals surface area contributed by atoms with Gasteiger partial charge in [0.2, 0.25) is 5.91 Å². The van der Waals surface area contributed by atoms with Crippen molar-refractivity contribution in [3.8, 4) is 0 Å². The molecule has 16 heteroatoms. The van der Waals surface area contributed by atoms with Crippen LogP contribution in [0.5, 0.6) is 0 Å². The smallest absolute Gasteiger partial charge is 0.408 e. The van der Waals surface area contributed by atoms with E-state index >= 15 is 0 Å². The van der Waals surface area contributed by atoms with Crippen LogP contribution in [0.3, 0.4) is 0 Å². The van der Waals surface area contributed by atoms with Crippen LogP contribution in [0.15, 0.2) is 54.6 Å². The van der Waals surface area contributed by atoms with Gasteiger partial charge in [-0.3, -0.25) is 19.6 Å². The Balaban J connectivity index is 1.67. The molecular weight excluding hydrogens is 630 g/mol. The first kappa shape index (κ1) is 37.2. The number of imide groups is 1. The van der Waals surface area contributed by atoms with E-state index in [1.54, 1.807) is 20.8 Å². The van der Waals surface area contributed by atoms with Crippen molar-refractivity contribution >= 4 is 41.6 Å². The molecule has 1 fully saturated rings. The van der Waals surface area contributed by atoms with Crippen LogP contribution in [0.25, 0.3) is 0 Å². The lowest BCUT2D eigenvalue weighted by atomic mass is 10.0. The number of rotatable bonds is 15. The molecule has 48 heavy (non-hydrogen) atoms. The van der Waals surface area contributed by atoms with Gasteiger partial charge in [-0.2, -0.15) is 0 Å². The molecule has 1 aliphatic rings. The Morgan fingerprint density at radius 3 is 2.15 bits per heavy atom. The molecule has 16 nitrogen and oxygen atoms in total. The van der Waals surface area contributed by atoms with Crippen molar-refractivity contribution in [3.05, 3.63) is 70.9 Å². The van der Waals surface area contributed by atoms with Crippen LogP contribution in [0, 0.1) is 5.21 Å². The molecule has 0 bridgehead atoms. The number of carbonyl (C=O) groups is 6. The topological polar surface area (TPSA) is 216 Å². The quantitative estimate of drug-likeness (QED) is 0.122. The van der Waals surface area contributed by atoms with Crippen LogP contribution in [0.4, 0.5) is 15.3 Å². The van der Waals surface area contributed by atoms with Gasteiger partial charge in [-0.05, 0) is 63.3 Å². The van der Waals surface area contributed by atoms with E-state index < -0.39 is 53.6 Å². The van der Waals surface area contributed by atoms with Crippen LogP contribution >= 0.6 is 0 Å². The summed E-state index contributed by atoms with van der Waals surface area (Å²) in [6, 6.07) is 12.0. The van der Waals surface area contributed by atoms with Gasteiger partial charge in [0, 0.05) is 25.8 Å². The summed E-state index contributed by atoms with van der Waals surface area (Å²) in [5.74, 6) is -3.31. The van der Waals surface area contributed by atoms with Crippen molar-refractivity contribution in [2.24, 2.45) is 0 Å². The molecule has 0 aromatic heterocycles. The van der Waals surface area contributed by atoms with E-state index in [4.69, 9.17) is 19.5 Å². The third-order valence-electron chi connectivity index (χ3n) is 6.79. The molecule has 3 rings (SSSR count). The first-order chi connectivity index (χ1) is 22.7. The van der Waals surface area contributed by atoms with Crippen LogP contribution < -0.4 is 21.2 Å². The SMILES string of the molecule is CC(C)(C)OC(=O)NC(Cc1ccc(N([O-])O)cc1)C(=O)NC(CCCCNC(=O)OCc1ccccc1)C(=O)ON1C(=O)CCC1=O. The van der Waals surface area contributed by atoms with E-state index in [9.17, 15) is 34.0 Å². The van der Waals surface area contributed by atoms with Crippen LogP contribution in [-0.2, 0) is 46.5 Å². The van der Waals surface area contributed by atoms with E-state index in [-0.39, 0.29) is 56.2 Å². The summed E-state index contributed by atoms with van der Waals surface area (Å²) in [4.78, 5) is 80.7. The summed E-state index contributed by atoms with van der Waals surface area (Å²) in [7, 11) is 0. The maximum atomic E-state index is 13.6. The summed E-state index contributed by atoms with van der Waals surface area (Å²) in [6.07, 6.45) is -1.32. The fourth-order valence-corrected chi connectivity index (χ4v) is 4.43. The van der Waals surface area contributed by atoms with Crippen molar-refractivity contribution in [1.29, 1.82) is 0 Å². The third kappa shape index (κ3) is 12.5. The van der Waals surface area contributed by atoms with Crippen LogP contribution in [-0.4, -0.2) is 70.4 Å². The molecule has 1 aliphatic heterocycles. The summed E-state index contributed by atoms with van der Waals surface area (Å²) in [5, 5.41) is 27.9. The Kier molecular flexibility index (Phi) is 13.7. The van der Waals surface area contributed by atoms with E-state index in [1.165, 1.54) is 24.3 Å². The molecule has 0 aliphatic carbocycles. The van der Waals surface area contributed by atoms with Gasteiger partial charge in [0.25, 0.3) is 11.8 Å². The highest BCUT2D eigenvalue weighted by atomic mass is 16.8. The van der Waals surface area contributed by atoms with Gasteiger partial charge in [-0.25, -0.2) is 14.4 Å². The second-order valence-electron chi connectivity index (χ2n) is 11.9. The molecule has 2 atom stereocenters. The Morgan fingerprint density at radius 2 is 1.54 bits per heavy atom. The Morgan fingerprint density at radius 1 is 0.896 bits per heavy atom. The zero-order valence-corrected chi connectivity index (χ0v) is 26.9. The molecule has 260 valence electrons. The van der Waals surface area contributed by atoms with Crippen molar-refractivity contribution in [2.45, 2.75) is 83.6 Å². The summed E-state index contributed by atoms with van der Waals surface area (Å²) >= 11 is 0. The number of nitrogens with one attached hydrogen (secondary N) is 3. The molecule has 1 heterocycles. The van der Waals surface area contributed by atoms with Gasteiger partial charge >= 0.3 is 18.2 Å². The number of hydroxylamine groups is 2. The normalized spacial score (nSPS) is 14.1. The van der Waals surface area contributed by atoms with E-state index in [2.05, 4.69) is 16.0 Å². The molecule has 4 N–H and O–H groups in total. The number of amides is 5. The maximum Gasteiger partial charge on any atom is 0.408 e. The summed E-state index contributed by atoms with van der Waals surface area (Å²) in [5.41, 5.74) is 0.340. The summed E-state index contributed by atoms with van der Waals surface area (Å²) < 4.78 is 10.5. The van der Waals surface area contributed by atoms with E-state index in [0.29, 0.717) is 17.0 Å². The second-order valence-corrected chi connectivity index (χ2v) is 11.9. The number of ether oxygens (including phenoxy) is 2. The molecule has 2 aromatic rings. The van der Waals surface area contributed by atoms with Crippen molar-refractivity contribution in [1.82, 2.24) is 21.0 Å². The number of benzene rings is 2. The van der Waals surface area contributed by atoms with Crippen LogP contribution in [0.2, 0.25) is 0 Å². The molecule has 2 aromatic carbocycles. The predicted molar refractivity (Wildman–Crippen MR) is 169 cm³/mol. The Labute approximate surface area is 277 Å². The van der Waals surface area contributed by atoms with Gasteiger partial charge in [0.05, 0.1) is 5.69 Å². The number of nitrogens with zero attached hydrogens (tertiary/aromatic N) is 2. The number of hydrogen-bond acceptors (Lipinski definition) is 12. The molecule has 0 radical (unpaired) electrons. The lowest BCUT2D eigenvalue weighted by molar-refractivity contribution is -0.199. The molecule has 5 amide bonds. The van der Waals surface area contributed by atoms with E-state index in [1.807, 2.05) is 30.3 Å². The Hall–Kier alpha value is -5.22.